The van der Waals surface area contributed by atoms with Gasteiger partial charge in [0.2, 0.25) is 5.91 Å². The fourth-order valence-electron chi connectivity index (χ4n) is 1.59. The Kier molecular flexibility index (Phi) is 3.39. The minimum Gasteiger partial charge on any atom is -0.354 e. The van der Waals surface area contributed by atoms with Gasteiger partial charge in [-0.3, -0.25) is 4.79 Å². The predicted octanol–water partition coefficient (Wildman–Crippen LogP) is 0.569. The second-order valence-corrected chi connectivity index (χ2v) is 4.03. The number of nitrogens with zero attached hydrogens (tertiary/aromatic N) is 1. The second-order valence-electron chi connectivity index (χ2n) is 4.03. The number of hydrogen-bond donors (Lipinski definition) is 3. The zero-order valence-corrected chi connectivity index (χ0v) is 9.73. The lowest BCUT2D eigenvalue weighted by Crippen LogP contribution is -2.39. The molecule has 90 valence electrons. The Labute approximate surface area is 99.4 Å². The maximum absolute atomic E-state index is 11.2. The molecule has 0 bridgehead atoms. The Bertz CT molecular complexity index is 485. The number of hydrogen-bond acceptors (Lipinski definition) is 3. The number of H-pyrrole nitrogens is 1. The van der Waals surface area contributed by atoms with Gasteiger partial charge < -0.3 is 16.0 Å². The van der Waals surface area contributed by atoms with Gasteiger partial charge in [-0.2, -0.15) is 0 Å². The predicted molar refractivity (Wildman–Crippen MR) is 66.5 cm³/mol. The van der Waals surface area contributed by atoms with Gasteiger partial charge in [0.1, 0.15) is 5.82 Å². The molecule has 1 heterocycles. The lowest BCUT2D eigenvalue weighted by Gasteiger charge is -2.05. The Balaban J connectivity index is 1.93. The molecule has 1 aromatic heterocycles. The molecule has 17 heavy (non-hydrogen) atoms. The Morgan fingerprint density at radius 3 is 3.00 bits per heavy atom. The first kappa shape index (κ1) is 11.6. The van der Waals surface area contributed by atoms with Crippen molar-refractivity contribution in [3.8, 4) is 0 Å². The molecule has 1 unspecified atom stereocenters. The fourth-order valence-corrected chi connectivity index (χ4v) is 1.59. The number of amides is 1. The average Bonchev–Trinajstić information content (AvgIpc) is 2.71. The number of benzene rings is 1. The number of nitrogens with two attached hydrogens (primary N) is 1. The number of aromatic amines is 1. The molecule has 0 aliphatic heterocycles. The van der Waals surface area contributed by atoms with E-state index in [0.29, 0.717) is 13.0 Å². The molecular weight excluding hydrogens is 216 g/mol. The van der Waals surface area contributed by atoms with Crippen LogP contribution in [-0.2, 0) is 11.2 Å². The van der Waals surface area contributed by atoms with Crippen LogP contribution < -0.4 is 11.1 Å². The highest BCUT2D eigenvalue weighted by Crippen LogP contribution is 2.10. The summed E-state index contributed by atoms with van der Waals surface area (Å²) in [5.41, 5.74) is 7.40. The van der Waals surface area contributed by atoms with Crippen LogP contribution in [-0.4, -0.2) is 28.5 Å². The molecule has 1 aromatic carbocycles. The van der Waals surface area contributed by atoms with Crippen molar-refractivity contribution in [1.29, 1.82) is 0 Å². The highest BCUT2D eigenvalue weighted by atomic mass is 16.2. The van der Waals surface area contributed by atoms with Gasteiger partial charge in [-0.1, -0.05) is 12.1 Å². The van der Waals surface area contributed by atoms with Gasteiger partial charge in [0.05, 0.1) is 17.1 Å². The highest BCUT2D eigenvalue weighted by molar-refractivity contribution is 5.81. The first-order valence-corrected chi connectivity index (χ1v) is 5.64. The summed E-state index contributed by atoms with van der Waals surface area (Å²) in [6, 6.07) is 7.38. The van der Waals surface area contributed by atoms with Gasteiger partial charge in [-0.15, -0.1) is 0 Å². The van der Waals surface area contributed by atoms with Crippen LogP contribution in [0, 0.1) is 0 Å². The van der Waals surface area contributed by atoms with Gasteiger partial charge in [-0.25, -0.2) is 4.98 Å². The number of para-hydroxylation sites is 2. The molecule has 5 heteroatoms. The summed E-state index contributed by atoms with van der Waals surface area (Å²) >= 11 is 0. The van der Waals surface area contributed by atoms with Crippen molar-refractivity contribution in [2.24, 2.45) is 5.73 Å². The molecule has 0 saturated heterocycles. The minimum atomic E-state index is -0.467. The van der Waals surface area contributed by atoms with Crippen molar-refractivity contribution in [2.45, 2.75) is 19.4 Å². The third kappa shape index (κ3) is 2.82. The van der Waals surface area contributed by atoms with Crippen LogP contribution in [0.1, 0.15) is 12.7 Å². The largest absolute Gasteiger partial charge is 0.354 e. The standard InChI is InChI=1S/C12H16N4O/c1-8(13)12(17)14-7-6-11-15-9-4-2-3-5-10(9)16-11/h2-5,8H,6-7,13H2,1H3,(H,14,17)(H,15,16). The van der Waals surface area contributed by atoms with Gasteiger partial charge >= 0.3 is 0 Å². The van der Waals surface area contributed by atoms with E-state index in [2.05, 4.69) is 15.3 Å². The molecule has 0 aliphatic carbocycles. The monoisotopic (exact) mass is 232 g/mol. The molecule has 4 N–H and O–H groups in total. The zero-order chi connectivity index (χ0) is 12.3. The van der Waals surface area contributed by atoms with Crippen molar-refractivity contribution >= 4 is 16.9 Å². The number of aromatic nitrogens is 2. The summed E-state index contributed by atoms with van der Waals surface area (Å²) < 4.78 is 0. The first-order chi connectivity index (χ1) is 8.16. The molecule has 1 amide bonds. The molecule has 5 nitrogen and oxygen atoms in total. The van der Waals surface area contributed by atoms with E-state index in [-0.39, 0.29) is 5.91 Å². The van der Waals surface area contributed by atoms with Gasteiger partial charge in [-0.05, 0) is 19.1 Å². The summed E-state index contributed by atoms with van der Waals surface area (Å²) in [5, 5.41) is 2.75. The van der Waals surface area contributed by atoms with Crippen molar-refractivity contribution in [3.63, 3.8) is 0 Å². The summed E-state index contributed by atoms with van der Waals surface area (Å²) in [6.07, 6.45) is 0.674. The summed E-state index contributed by atoms with van der Waals surface area (Å²) in [4.78, 5) is 18.9. The fraction of sp³-hybridized carbons (Fsp3) is 0.333. The van der Waals surface area contributed by atoms with E-state index in [0.717, 1.165) is 16.9 Å². The number of rotatable bonds is 4. The smallest absolute Gasteiger partial charge is 0.236 e. The molecule has 1 atom stereocenters. The number of fused-ring (bicyclic) bond motifs is 1. The van der Waals surface area contributed by atoms with E-state index < -0.39 is 6.04 Å². The van der Waals surface area contributed by atoms with Crippen LogP contribution in [0.2, 0.25) is 0 Å². The maximum atomic E-state index is 11.2. The van der Waals surface area contributed by atoms with Crippen molar-refractivity contribution in [1.82, 2.24) is 15.3 Å². The van der Waals surface area contributed by atoms with Crippen molar-refractivity contribution < 1.29 is 4.79 Å². The van der Waals surface area contributed by atoms with E-state index in [1.807, 2.05) is 24.3 Å². The summed E-state index contributed by atoms with van der Waals surface area (Å²) in [5.74, 6) is 0.734. The van der Waals surface area contributed by atoms with E-state index in [4.69, 9.17) is 5.73 Å². The molecule has 0 saturated carbocycles. The van der Waals surface area contributed by atoms with Crippen molar-refractivity contribution in [3.05, 3.63) is 30.1 Å². The first-order valence-electron chi connectivity index (χ1n) is 5.64. The number of nitrogens with one attached hydrogen (secondary N) is 2. The van der Waals surface area contributed by atoms with Crippen LogP contribution in [0.25, 0.3) is 11.0 Å². The normalized spacial score (nSPS) is 12.6. The Morgan fingerprint density at radius 2 is 2.29 bits per heavy atom. The molecule has 0 radical (unpaired) electrons. The molecule has 0 aliphatic rings. The molecule has 0 spiro atoms. The van der Waals surface area contributed by atoms with E-state index in [1.165, 1.54) is 0 Å². The Hall–Kier alpha value is -1.88. The van der Waals surface area contributed by atoms with Gasteiger partial charge in [0.25, 0.3) is 0 Å². The van der Waals surface area contributed by atoms with Crippen LogP contribution in [0.3, 0.4) is 0 Å². The molecule has 2 aromatic rings. The molecule has 2 rings (SSSR count). The second kappa shape index (κ2) is 4.97. The molecule has 0 fully saturated rings. The highest BCUT2D eigenvalue weighted by Gasteiger charge is 2.06. The quantitative estimate of drug-likeness (QED) is 0.720. The van der Waals surface area contributed by atoms with E-state index >= 15 is 0 Å². The lowest BCUT2D eigenvalue weighted by atomic mass is 10.3. The summed E-state index contributed by atoms with van der Waals surface area (Å²) in [6.45, 7) is 2.21. The maximum Gasteiger partial charge on any atom is 0.236 e. The number of carbonyl (C=O) groups excluding carboxylic acids is 1. The van der Waals surface area contributed by atoms with Crippen LogP contribution >= 0.6 is 0 Å². The van der Waals surface area contributed by atoms with Crippen LogP contribution in [0.4, 0.5) is 0 Å². The topological polar surface area (TPSA) is 83.8 Å². The van der Waals surface area contributed by atoms with Crippen LogP contribution in [0.5, 0.6) is 0 Å². The average molecular weight is 232 g/mol. The van der Waals surface area contributed by atoms with E-state index in [1.54, 1.807) is 6.92 Å². The van der Waals surface area contributed by atoms with Gasteiger partial charge in [0.15, 0.2) is 0 Å². The minimum absolute atomic E-state index is 0.138. The lowest BCUT2D eigenvalue weighted by molar-refractivity contribution is -0.121. The zero-order valence-electron chi connectivity index (χ0n) is 9.73. The number of carbonyl (C=O) groups is 1. The van der Waals surface area contributed by atoms with Crippen LogP contribution in [0.15, 0.2) is 24.3 Å². The molecular formula is C12H16N4O. The van der Waals surface area contributed by atoms with E-state index in [9.17, 15) is 4.79 Å². The Morgan fingerprint density at radius 1 is 1.53 bits per heavy atom. The number of imidazole rings is 1. The summed E-state index contributed by atoms with van der Waals surface area (Å²) in [7, 11) is 0. The SMILES string of the molecule is CC(N)C(=O)NCCc1nc2ccccc2[nH]1. The third-order valence-electron chi connectivity index (χ3n) is 2.51. The van der Waals surface area contributed by atoms with Gasteiger partial charge in [0, 0.05) is 13.0 Å². The van der Waals surface area contributed by atoms with Crippen molar-refractivity contribution in [2.75, 3.05) is 6.54 Å². The third-order valence-corrected chi connectivity index (χ3v) is 2.51.